The van der Waals surface area contributed by atoms with E-state index in [4.69, 9.17) is 0 Å². The second kappa shape index (κ2) is 13.1. The van der Waals surface area contributed by atoms with Crippen molar-refractivity contribution in [1.29, 1.82) is 0 Å². The molecule has 0 fully saturated rings. The maximum atomic E-state index is 13.7. The van der Waals surface area contributed by atoms with Crippen molar-refractivity contribution in [2.45, 2.75) is 58.7 Å². The van der Waals surface area contributed by atoms with Crippen molar-refractivity contribution in [2.75, 3.05) is 17.1 Å². The first-order valence-electron chi connectivity index (χ1n) is 11.6. The summed E-state index contributed by atoms with van der Waals surface area (Å²) in [5.74, 6) is -2.87. The van der Waals surface area contributed by atoms with E-state index >= 15 is 0 Å². The molecule has 11 heteroatoms. The first kappa shape index (κ1) is 29.7. The van der Waals surface area contributed by atoms with Crippen LogP contribution in [0.2, 0.25) is 0 Å². The minimum absolute atomic E-state index is 0.0314. The number of benzene rings is 2. The highest BCUT2D eigenvalue weighted by atomic mass is 79.9. The van der Waals surface area contributed by atoms with Gasteiger partial charge in [-0.2, -0.15) is 0 Å². The number of carbonyl (C=O) groups is 2. The van der Waals surface area contributed by atoms with Crippen LogP contribution in [0.3, 0.4) is 0 Å². The number of hydrogen-bond acceptors (Lipinski definition) is 4. The van der Waals surface area contributed by atoms with E-state index in [0.717, 1.165) is 39.2 Å². The monoisotopic (exact) mass is 587 g/mol. The Bertz CT molecular complexity index is 1180. The van der Waals surface area contributed by atoms with Crippen LogP contribution in [-0.2, 0) is 26.2 Å². The normalized spacial score (nSPS) is 13.1. The molecule has 0 spiro atoms. The number of carbonyl (C=O) groups excluding carboxylic acids is 2. The van der Waals surface area contributed by atoms with Gasteiger partial charge in [0, 0.05) is 36.1 Å². The number of halogens is 3. The standard InChI is InChI=1S/C25H32BrF2N3O4S/c1-5-17(2)29-25(33)18(3)30(16-19-8-6-9-20(26)14-19)24(32)10-7-13-31(36(4,34)35)21-11-12-22(27)23(28)15-21/h6,8-9,11-12,14-15,17-18H,5,7,10,13,16H2,1-4H3,(H,29,33)/t17-,18+/m0/s1. The lowest BCUT2D eigenvalue weighted by Crippen LogP contribution is -2.49. The molecule has 2 amide bonds. The second-order valence-corrected chi connectivity index (χ2v) is 11.5. The Morgan fingerprint density at radius 3 is 2.36 bits per heavy atom. The molecule has 0 radical (unpaired) electrons. The van der Waals surface area contributed by atoms with Gasteiger partial charge >= 0.3 is 0 Å². The topological polar surface area (TPSA) is 86.8 Å². The average molecular weight is 589 g/mol. The van der Waals surface area contributed by atoms with Crippen LogP contribution in [0.5, 0.6) is 0 Å². The molecule has 2 aromatic rings. The fourth-order valence-corrected chi connectivity index (χ4v) is 4.93. The quantitative estimate of drug-likeness (QED) is 0.393. The molecule has 0 aliphatic heterocycles. The zero-order chi connectivity index (χ0) is 27.0. The molecule has 0 saturated heterocycles. The number of nitrogens with one attached hydrogen (secondary N) is 1. The Balaban J connectivity index is 2.19. The van der Waals surface area contributed by atoms with Gasteiger partial charge in [-0.25, -0.2) is 17.2 Å². The summed E-state index contributed by atoms with van der Waals surface area (Å²) in [6.45, 7) is 5.54. The van der Waals surface area contributed by atoms with Gasteiger partial charge in [0.2, 0.25) is 21.8 Å². The zero-order valence-electron chi connectivity index (χ0n) is 20.8. The largest absolute Gasteiger partial charge is 0.352 e. The molecule has 2 rings (SSSR count). The van der Waals surface area contributed by atoms with Gasteiger partial charge in [-0.1, -0.05) is 35.0 Å². The van der Waals surface area contributed by atoms with E-state index in [1.807, 2.05) is 38.1 Å². The molecule has 0 unspecified atom stereocenters. The highest BCUT2D eigenvalue weighted by Gasteiger charge is 2.27. The number of hydrogen-bond donors (Lipinski definition) is 1. The first-order valence-corrected chi connectivity index (χ1v) is 14.2. The lowest BCUT2D eigenvalue weighted by atomic mass is 10.1. The molecule has 198 valence electrons. The van der Waals surface area contributed by atoms with Crippen LogP contribution in [0.1, 0.15) is 45.6 Å². The minimum Gasteiger partial charge on any atom is -0.352 e. The predicted molar refractivity (Wildman–Crippen MR) is 140 cm³/mol. The van der Waals surface area contributed by atoms with Gasteiger partial charge in [-0.15, -0.1) is 0 Å². The number of anilines is 1. The lowest BCUT2D eigenvalue weighted by Gasteiger charge is -2.30. The molecular formula is C25H32BrF2N3O4S. The van der Waals surface area contributed by atoms with Crippen molar-refractivity contribution in [3.8, 4) is 0 Å². The van der Waals surface area contributed by atoms with Gasteiger partial charge in [-0.05, 0) is 56.5 Å². The molecule has 2 aromatic carbocycles. The first-order chi connectivity index (χ1) is 16.8. The fraction of sp³-hybridized carbons (Fsp3) is 0.440. The van der Waals surface area contributed by atoms with E-state index in [0.29, 0.717) is 0 Å². The van der Waals surface area contributed by atoms with E-state index in [-0.39, 0.29) is 49.5 Å². The van der Waals surface area contributed by atoms with E-state index in [1.165, 1.54) is 11.0 Å². The summed E-state index contributed by atoms with van der Waals surface area (Å²) >= 11 is 3.41. The maximum Gasteiger partial charge on any atom is 0.242 e. The predicted octanol–water partition coefficient (Wildman–Crippen LogP) is 4.61. The van der Waals surface area contributed by atoms with Crippen molar-refractivity contribution < 1.29 is 26.8 Å². The van der Waals surface area contributed by atoms with Crippen molar-refractivity contribution in [2.24, 2.45) is 0 Å². The third kappa shape index (κ3) is 8.55. The van der Waals surface area contributed by atoms with Crippen LogP contribution in [-0.4, -0.2) is 50.0 Å². The van der Waals surface area contributed by atoms with Crippen molar-refractivity contribution in [3.05, 3.63) is 64.1 Å². The summed E-state index contributed by atoms with van der Waals surface area (Å²) in [5.41, 5.74) is 0.789. The van der Waals surface area contributed by atoms with Gasteiger partial charge < -0.3 is 10.2 Å². The molecule has 0 aromatic heterocycles. The van der Waals surface area contributed by atoms with Gasteiger partial charge in [0.25, 0.3) is 0 Å². The van der Waals surface area contributed by atoms with Crippen LogP contribution in [0.15, 0.2) is 46.9 Å². The molecule has 1 N–H and O–H groups in total. The van der Waals surface area contributed by atoms with Crippen LogP contribution >= 0.6 is 15.9 Å². The molecule has 36 heavy (non-hydrogen) atoms. The van der Waals surface area contributed by atoms with E-state index < -0.39 is 27.7 Å². The summed E-state index contributed by atoms with van der Waals surface area (Å²) in [4.78, 5) is 27.5. The Hall–Kier alpha value is -2.53. The SMILES string of the molecule is CC[C@H](C)NC(=O)[C@@H](C)N(Cc1cccc(Br)c1)C(=O)CCCN(c1ccc(F)c(F)c1)S(C)(=O)=O. The van der Waals surface area contributed by atoms with E-state index in [2.05, 4.69) is 21.2 Å². The molecule has 0 saturated carbocycles. The minimum atomic E-state index is -3.82. The molecule has 7 nitrogen and oxygen atoms in total. The van der Waals surface area contributed by atoms with Gasteiger partial charge in [-0.3, -0.25) is 13.9 Å². The number of amides is 2. The van der Waals surface area contributed by atoms with Crippen molar-refractivity contribution >= 4 is 43.5 Å². The zero-order valence-corrected chi connectivity index (χ0v) is 23.2. The molecule has 0 heterocycles. The molecule has 0 aliphatic rings. The number of rotatable bonds is 12. The Kier molecular flexibility index (Phi) is 10.8. The highest BCUT2D eigenvalue weighted by Crippen LogP contribution is 2.22. The summed E-state index contributed by atoms with van der Waals surface area (Å²) in [6.07, 6.45) is 1.75. The van der Waals surface area contributed by atoms with Gasteiger partial charge in [0.05, 0.1) is 11.9 Å². The van der Waals surface area contributed by atoms with Crippen LogP contribution in [0, 0.1) is 11.6 Å². The number of nitrogens with zero attached hydrogens (tertiary/aromatic N) is 2. The molecule has 0 bridgehead atoms. The van der Waals surface area contributed by atoms with Crippen molar-refractivity contribution in [3.63, 3.8) is 0 Å². The molecule has 2 atom stereocenters. The summed E-state index contributed by atoms with van der Waals surface area (Å²) in [7, 11) is -3.82. The van der Waals surface area contributed by atoms with E-state index in [1.54, 1.807) is 6.92 Å². The Labute approximate surface area is 220 Å². The molecular weight excluding hydrogens is 556 g/mol. The Morgan fingerprint density at radius 2 is 1.78 bits per heavy atom. The van der Waals surface area contributed by atoms with Crippen LogP contribution < -0.4 is 9.62 Å². The third-order valence-corrected chi connectivity index (χ3v) is 7.44. The van der Waals surface area contributed by atoms with Gasteiger partial charge in [0.15, 0.2) is 11.6 Å². The number of sulfonamides is 1. The maximum absolute atomic E-state index is 13.7. The summed E-state index contributed by atoms with van der Waals surface area (Å²) in [5, 5.41) is 2.89. The lowest BCUT2D eigenvalue weighted by molar-refractivity contribution is -0.140. The van der Waals surface area contributed by atoms with Crippen LogP contribution in [0.25, 0.3) is 0 Å². The fourth-order valence-electron chi connectivity index (χ4n) is 3.52. The second-order valence-electron chi connectivity index (χ2n) is 8.68. The highest BCUT2D eigenvalue weighted by molar-refractivity contribution is 9.10. The molecule has 0 aliphatic carbocycles. The van der Waals surface area contributed by atoms with E-state index in [9.17, 15) is 26.8 Å². The summed E-state index contributed by atoms with van der Waals surface area (Å²) < 4.78 is 53.4. The smallest absolute Gasteiger partial charge is 0.242 e. The summed E-state index contributed by atoms with van der Waals surface area (Å²) in [6, 6.07) is 9.40. The van der Waals surface area contributed by atoms with Crippen molar-refractivity contribution in [1.82, 2.24) is 10.2 Å². The third-order valence-electron chi connectivity index (χ3n) is 5.75. The average Bonchev–Trinajstić information content (AvgIpc) is 2.80. The Morgan fingerprint density at radius 1 is 1.08 bits per heavy atom. The van der Waals surface area contributed by atoms with Crippen LogP contribution in [0.4, 0.5) is 14.5 Å². The van der Waals surface area contributed by atoms with Gasteiger partial charge in [0.1, 0.15) is 6.04 Å².